The summed E-state index contributed by atoms with van der Waals surface area (Å²) in [5.74, 6) is 3.07. The molecule has 0 N–H and O–H groups in total. The van der Waals surface area contributed by atoms with E-state index in [0.717, 1.165) is 36.9 Å². The Morgan fingerprint density at radius 3 is 2.67 bits per heavy atom. The molecular weight excluding hydrogens is 420 g/mol. The number of carbonyl (C=O) groups excluding carboxylic acids is 1. The van der Waals surface area contributed by atoms with E-state index < -0.39 is 0 Å². The molecule has 2 unspecified atom stereocenters. The monoisotopic (exact) mass is 454 g/mol. The number of nitrogens with zero attached hydrogens (tertiary/aromatic N) is 2. The Morgan fingerprint density at radius 1 is 1.12 bits per heavy atom. The zero-order valence-corrected chi connectivity index (χ0v) is 20.0. The molecule has 2 atom stereocenters. The third kappa shape index (κ3) is 5.25. The van der Waals surface area contributed by atoms with E-state index in [1.807, 2.05) is 23.1 Å². The number of para-hydroxylation sites is 1. The van der Waals surface area contributed by atoms with Crippen LogP contribution in [-0.2, 0) is 16.1 Å². The van der Waals surface area contributed by atoms with Gasteiger partial charge in [-0.3, -0.25) is 9.69 Å². The smallest absolute Gasteiger partial charge is 0.248 e. The fourth-order valence-electron chi connectivity index (χ4n) is 4.96. The first-order chi connectivity index (χ1) is 16.0. The normalized spacial score (nSPS) is 19.8. The van der Waals surface area contributed by atoms with Crippen LogP contribution in [0.4, 0.5) is 0 Å². The standard InChI is InChI=1S/C26H34N2O5/c1-18(2)28(26(29)16-30-3)14-20-13-27(12-19-9-10-24-25(11-19)33-17-32-24)15-22(20)21-7-5-6-8-23(21)31-4/h5-11,18,20,22H,12-17H2,1-4H3. The van der Waals surface area contributed by atoms with Crippen LogP contribution in [0.15, 0.2) is 42.5 Å². The number of hydrogen-bond donors (Lipinski definition) is 0. The Morgan fingerprint density at radius 2 is 1.91 bits per heavy atom. The minimum Gasteiger partial charge on any atom is -0.496 e. The summed E-state index contributed by atoms with van der Waals surface area (Å²) in [5, 5.41) is 0. The summed E-state index contributed by atoms with van der Waals surface area (Å²) in [6, 6.07) is 14.5. The summed E-state index contributed by atoms with van der Waals surface area (Å²) in [6.07, 6.45) is 0. The summed E-state index contributed by atoms with van der Waals surface area (Å²) >= 11 is 0. The second kappa shape index (κ2) is 10.4. The number of likely N-dealkylation sites (tertiary alicyclic amines) is 1. The van der Waals surface area contributed by atoms with Gasteiger partial charge in [0.1, 0.15) is 12.4 Å². The van der Waals surface area contributed by atoms with Crippen LogP contribution in [-0.4, -0.2) is 69.0 Å². The molecule has 1 saturated heterocycles. The predicted molar refractivity (Wildman–Crippen MR) is 126 cm³/mol. The van der Waals surface area contributed by atoms with E-state index in [4.69, 9.17) is 18.9 Å². The van der Waals surface area contributed by atoms with Gasteiger partial charge in [-0.15, -0.1) is 0 Å². The molecule has 7 nitrogen and oxygen atoms in total. The molecule has 2 aromatic rings. The molecule has 0 bridgehead atoms. The lowest BCUT2D eigenvalue weighted by atomic mass is 9.87. The van der Waals surface area contributed by atoms with Crippen molar-refractivity contribution in [3.63, 3.8) is 0 Å². The van der Waals surface area contributed by atoms with Gasteiger partial charge in [-0.05, 0) is 49.1 Å². The van der Waals surface area contributed by atoms with Crippen molar-refractivity contribution in [1.29, 1.82) is 0 Å². The molecule has 0 aliphatic carbocycles. The number of carbonyl (C=O) groups is 1. The van der Waals surface area contributed by atoms with Gasteiger partial charge in [-0.2, -0.15) is 0 Å². The fraction of sp³-hybridized carbons (Fsp3) is 0.500. The molecule has 2 heterocycles. The minimum absolute atomic E-state index is 0.0282. The quantitative estimate of drug-likeness (QED) is 0.578. The highest BCUT2D eigenvalue weighted by Gasteiger charge is 2.37. The summed E-state index contributed by atoms with van der Waals surface area (Å²) in [7, 11) is 3.28. The number of methoxy groups -OCH3 is 2. The van der Waals surface area contributed by atoms with Crippen LogP contribution in [0.3, 0.4) is 0 Å². The van der Waals surface area contributed by atoms with Crippen LogP contribution >= 0.6 is 0 Å². The summed E-state index contributed by atoms with van der Waals surface area (Å²) in [6.45, 7) is 7.78. The summed E-state index contributed by atoms with van der Waals surface area (Å²) < 4.78 is 21.9. The largest absolute Gasteiger partial charge is 0.496 e. The molecule has 1 fully saturated rings. The number of hydrogen-bond acceptors (Lipinski definition) is 6. The van der Waals surface area contributed by atoms with Gasteiger partial charge in [0.25, 0.3) is 0 Å². The van der Waals surface area contributed by atoms with Crippen LogP contribution in [0.1, 0.15) is 30.9 Å². The molecule has 33 heavy (non-hydrogen) atoms. The van der Waals surface area contributed by atoms with Gasteiger partial charge in [0.2, 0.25) is 12.7 Å². The molecule has 0 radical (unpaired) electrons. The third-order valence-corrected chi connectivity index (χ3v) is 6.54. The van der Waals surface area contributed by atoms with Gasteiger partial charge in [0.05, 0.1) is 7.11 Å². The van der Waals surface area contributed by atoms with E-state index in [1.54, 1.807) is 14.2 Å². The van der Waals surface area contributed by atoms with Gasteiger partial charge in [0, 0.05) is 45.2 Å². The molecule has 0 spiro atoms. The molecule has 7 heteroatoms. The first-order valence-corrected chi connectivity index (χ1v) is 11.5. The molecule has 1 amide bonds. The van der Waals surface area contributed by atoms with Gasteiger partial charge in [-0.1, -0.05) is 24.3 Å². The van der Waals surface area contributed by atoms with Crippen molar-refractivity contribution in [2.75, 3.05) is 47.3 Å². The van der Waals surface area contributed by atoms with Crippen LogP contribution in [0.25, 0.3) is 0 Å². The lowest BCUT2D eigenvalue weighted by Crippen LogP contribution is -2.43. The van der Waals surface area contributed by atoms with E-state index in [1.165, 1.54) is 11.1 Å². The zero-order chi connectivity index (χ0) is 23.4. The van der Waals surface area contributed by atoms with E-state index >= 15 is 0 Å². The first kappa shape index (κ1) is 23.4. The molecular formula is C26H34N2O5. The Kier molecular flexibility index (Phi) is 7.40. The van der Waals surface area contributed by atoms with Crippen molar-refractivity contribution < 1.29 is 23.7 Å². The Bertz CT molecular complexity index is 963. The molecule has 0 saturated carbocycles. The SMILES string of the molecule is COCC(=O)N(CC1CN(Cc2ccc3c(c2)OCO3)CC1c1ccccc1OC)C(C)C. The van der Waals surface area contributed by atoms with Crippen molar-refractivity contribution in [1.82, 2.24) is 9.80 Å². The van der Waals surface area contributed by atoms with Gasteiger partial charge >= 0.3 is 0 Å². The second-order valence-electron chi connectivity index (χ2n) is 9.06. The molecule has 2 aromatic carbocycles. The molecule has 2 aliphatic heterocycles. The summed E-state index contributed by atoms with van der Waals surface area (Å²) in [5.41, 5.74) is 2.39. The van der Waals surface area contributed by atoms with E-state index in [2.05, 4.69) is 43.0 Å². The van der Waals surface area contributed by atoms with E-state index in [9.17, 15) is 4.79 Å². The maximum atomic E-state index is 12.8. The highest BCUT2D eigenvalue weighted by atomic mass is 16.7. The lowest BCUT2D eigenvalue weighted by molar-refractivity contribution is -0.137. The van der Waals surface area contributed by atoms with Crippen LogP contribution in [0.2, 0.25) is 0 Å². The molecule has 0 aromatic heterocycles. The molecule has 178 valence electrons. The first-order valence-electron chi connectivity index (χ1n) is 11.5. The van der Waals surface area contributed by atoms with Crippen LogP contribution in [0.5, 0.6) is 17.2 Å². The minimum atomic E-state index is 0.0282. The highest BCUT2D eigenvalue weighted by molar-refractivity contribution is 5.77. The number of fused-ring (bicyclic) bond motifs is 1. The van der Waals surface area contributed by atoms with Crippen molar-refractivity contribution in [2.24, 2.45) is 5.92 Å². The second-order valence-corrected chi connectivity index (χ2v) is 9.06. The van der Waals surface area contributed by atoms with Crippen molar-refractivity contribution in [2.45, 2.75) is 32.4 Å². The third-order valence-electron chi connectivity index (χ3n) is 6.54. The van der Waals surface area contributed by atoms with E-state index in [0.29, 0.717) is 6.54 Å². The Hall–Kier alpha value is -2.77. The van der Waals surface area contributed by atoms with Crippen molar-refractivity contribution in [3.8, 4) is 17.2 Å². The number of rotatable bonds is 9. The maximum Gasteiger partial charge on any atom is 0.248 e. The highest BCUT2D eigenvalue weighted by Crippen LogP contribution is 2.39. The van der Waals surface area contributed by atoms with Crippen molar-refractivity contribution in [3.05, 3.63) is 53.6 Å². The number of benzene rings is 2. The molecule has 4 rings (SSSR count). The predicted octanol–water partition coefficient (Wildman–Crippen LogP) is 3.52. The number of ether oxygens (including phenoxy) is 4. The molecule has 2 aliphatic rings. The maximum absolute atomic E-state index is 12.8. The Labute approximate surface area is 196 Å². The van der Waals surface area contributed by atoms with Crippen LogP contribution < -0.4 is 14.2 Å². The number of amides is 1. The average molecular weight is 455 g/mol. The average Bonchev–Trinajstić information content (AvgIpc) is 3.43. The summed E-state index contributed by atoms with van der Waals surface area (Å²) in [4.78, 5) is 17.2. The van der Waals surface area contributed by atoms with Gasteiger partial charge in [-0.25, -0.2) is 0 Å². The van der Waals surface area contributed by atoms with E-state index in [-0.39, 0.29) is 37.2 Å². The van der Waals surface area contributed by atoms with Crippen molar-refractivity contribution >= 4 is 5.91 Å². The van der Waals surface area contributed by atoms with Crippen LogP contribution in [0, 0.1) is 5.92 Å². The lowest BCUT2D eigenvalue weighted by Gasteiger charge is -2.31. The Balaban J connectivity index is 1.57. The zero-order valence-electron chi connectivity index (χ0n) is 20.0. The van der Waals surface area contributed by atoms with Gasteiger partial charge in [0.15, 0.2) is 11.5 Å². The van der Waals surface area contributed by atoms with Gasteiger partial charge < -0.3 is 23.8 Å². The topological polar surface area (TPSA) is 60.5 Å². The fourth-order valence-corrected chi connectivity index (χ4v) is 4.96.